The summed E-state index contributed by atoms with van der Waals surface area (Å²) < 4.78 is 51.4. The molecule has 1 amide bonds. The molecule has 1 unspecified atom stereocenters. The zero-order chi connectivity index (χ0) is 12.8. The number of benzene rings is 1. The van der Waals surface area contributed by atoms with E-state index in [-0.39, 0.29) is 17.7 Å². The molecule has 0 saturated heterocycles. The highest BCUT2D eigenvalue weighted by Crippen LogP contribution is 2.43. The minimum atomic E-state index is -4.51. The Hall–Kier alpha value is -1.59. The van der Waals surface area contributed by atoms with Gasteiger partial charge in [0, 0.05) is 11.3 Å². The Kier molecular flexibility index (Phi) is 2.41. The third-order valence-corrected chi connectivity index (χ3v) is 2.87. The van der Waals surface area contributed by atoms with Gasteiger partial charge in [0.15, 0.2) is 0 Å². The third-order valence-electron chi connectivity index (χ3n) is 2.87. The lowest BCUT2D eigenvalue weighted by atomic mass is 9.94. The molecule has 0 bridgehead atoms. The lowest BCUT2D eigenvalue weighted by Gasteiger charge is -2.15. The minimum absolute atomic E-state index is 0.0296. The average Bonchev–Trinajstić information content (AvgIpc) is 2.50. The fraction of sp³-hybridized carbons (Fsp3) is 0.364. The predicted octanol–water partition coefficient (Wildman–Crippen LogP) is 3.23. The monoisotopic (exact) mass is 247 g/mol. The van der Waals surface area contributed by atoms with Crippen molar-refractivity contribution < 1.29 is 22.4 Å². The van der Waals surface area contributed by atoms with Gasteiger partial charge in [0.1, 0.15) is 0 Å². The standard InChI is InChI=1S/C11H9F4NO/c1-2-10(12)7-4-3-6(11(13,14)15)5-8(7)16-9(10)17/h3-5H,2H2,1H3,(H,16,17). The van der Waals surface area contributed by atoms with Crippen LogP contribution in [0.15, 0.2) is 18.2 Å². The molecule has 1 aliphatic heterocycles. The number of carbonyl (C=O) groups excluding carboxylic acids is 1. The maximum absolute atomic E-state index is 14.2. The number of nitrogens with one attached hydrogen (secondary N) is 1. The molecule has 1 aromatic rings. The molecule has 1 aliphatic rings. The summed E-state index contributed by atoms with van der Waals surface area (Å²) in [6.45, 7) is 1.46. The average molecular weight is 247 g/mol. The first-order chi connectivity index (χ1) is 7.79. The Balaban J connectivity index is 2.53. The number of alkyl halides is 4. The van der Waals surface area contributed by atoms with Gasteiger partial charge in [-0.05, 0) is 18.6 Å². The van der Waals surface area contributed by atoms with Crippen molar-refractivity contribution in [3.05, 3.63) is 29.3 Å². The van der Waals surface area contributed by atoms with E-state index < -0.39 is 23.3 Å². The summed E-state index contributed by atoms with van der Waals surface area (Å²) in [6.07, 6.45) is -4.62. The Morgan fingerprint density at radius 2 is 2.00 bits per heavy atom. The Bertz CT molecular complexity index is 483. The molecule has 0 spiro atoms. The van der Waals surface area contributed by atoms with E-state index in [0.717, 1.165) is 18.2 Å². The van der Waals surface area contributed by atoms with E-state index in [2.05, 4.69) is 5.32 Å². The third kappa shape index (κ3) is 1.67. The van der Waals surface area contributed by atoms with Crippen LogP contribution in [0.25, 0.3) is 0 Å². The molecule has 1 aromatic carbocycles. The van der Waals surface area contributed by atoms with Crippen molar-refractivity contribution in [1.82, 2.24) is 0 Å². The number of amides is 1. The second-order valence-electron chi connectivity index (χ2n) is 3.87. The molecule has 1 atom stereocenters. The summed E-state index contributed by atoms with van der Waals surface area (Å²) in [5, 5.41) is 2.14. The number of carbonyl (C=O) groups is 1. The molecule has 0 saturated carbocycles. The summed E-state index contributed by atoms with van der Waals surface area (Å²) >= 11 is 0. The molecule has 0 radical (unpaired) electrons. The lowest BCUT2D eigenvalue weighted by Crippen LogP contribution is -2.28. The van der Waals surface area contributed by atoms with E-state index in [4.69, 9.17) is 0 Å². The molecule has 6 heteroatoms. The van der Waals surface area contributed by atoms with Crippen LogP contribution >= 0.6 is 0 Å². The largest absolute Gasteiger partial charge is 0.416 e. The number of hydrogen-bond donors (Lipinski definition) is 1. The molecule has 1 N–H and O–H groups in total. The smallest absolute Gasteiger partial charge is 0.323 e. The van der Waals surface area contributed by atoms with Crippen LogP contribution in [0.3, 0.4) is 0 Å². The fourth-order valence-corrected chi connectivity index (χ4v) is 1.86. The van der Waals surface area contributed by atoms with Gasteiger partial charge < -0.3 is 5.32 Å². The first kappa shape index (κ1) is 11.9. The van der Waals surface area contributed by atoms with Crippen molar-refractivity contribution in [3.8, 4) is 0 Å². The van der Waals surface area contributed by atoms with Gasteiger partial charge >= 0.3 is 6.18 Å². The summed E-state index contributed by atoms with van der Waals surface area (Å²) in [5.74, 6) is -0.908. The molecule has 0 aromatic heterocycles. The zero-order valence-electron chi connectivity index (χ0n) is 8.86. The first-order valence-corrected chi connectivity index (χ1v) is 5.01. The Morgan fingerprint density at radius 1 is 1.35 bits per heavy atom. The number of fused-ring (bicyclic) bond motifs is 1. The van der Waals surface area contributed by atoms with Crippen molar-refractivity contribution in [2.45, 2.75) is 25.2 Å². The second kappa shape index (κ2) is 3.45. The van der Waals surface area contributed by atoms with E-state index in [0.29, 0.717) is 0 Å². The van der Waals surface area contributed by atoms with Crippen molar-refractivity contribution in [2.75, 3.05) is 5.32 Å². The van der Waals surface area contributed by atoms with Crippen LogP contribution in [-0.4, -0.2) is 5.91 Å². The van der Waals surface area contributed by atoms with E-state index >= 15 is 0 Å². The van der Waals surface area contributed by atoms with Gasteiger partial charge in [0.25, 0.3) is 5.91 Å². The van der Waals surface area contributed by atoms with E-state index in [1.54, 1.807) is 0 Å². The molecule has 2 nitrogen and oxygen atoms in total. The van der Waals surface area contributed by atoms with Gasteiger partial charge in [-0.1, -0.05) is 13.0 Å². The van der Waals surface area contributed by atoms with Crippen LogP contribution in [-0.2, 0) is 16.6 Å². The molecule has 92 valence electrons. The van der Waals surface area contributed by atoms with Crippen molar-refractivity contribution in [2.24, 2.45) is 0 Å². The zero-order valence-corrected chi connectivity index (χ0v) is 8.86. The Labute approximate surface area is 94.6 Å². The van der Waals surface area contributed by atoms with Crippen LogP contribution in [0.1, 0.15) is 24.5 Å². The Morgan fingerprint density at radius 3 is 2.53 bits per heavy atom. The second-order valence-corrected chi connectivity index (χ2v) is 3.87. The number of hydrogen-bond acceptors (Lipinski definition) is 1. The van der Waals surface area contributed by atoms with Crippen LogP contribution in [0.2, 0.25) is 0 Å². The molecule has 1 heterocycles. The summed E-state index contributed by atoms with van der Waals surface area (Å²) in [6, 6.07) is 2.55. The van der Waals surface area contributed by atoms with Gasteiger partial charge in [0.2, 0.25) is 5.67 Å². The van der Waals surface area contributed by atoms with E-state index in [1.165, 1.54) is 6.92 Å². The maximum Gasteiger partial charge on any atom is 0.416 e. The van der Waals surface area contributed by atoms with E-state index in [9.17, 15) is 22.4 Å². The molecular weight excluding hydrogens is 238 g/mol. The van der Waals surface area contributed by atoms with Gasteiger partial charge in [-0.2, -0.15) is 13.2 Å². The van der Waals surface area contributed by atoms with E-state index in [1.807, 2.05) is 0 Å². The highest BCUT2D eigenvalue weighted by atomic mass is 19.4. The summed E-state index contributed by atoms with van der Waals surface area (Å²) in [5.41, 5.74) is -3.26. The summed E-state index contributed by atoms with van der Waals surface area (Å²) in [4.78, 5) is 11.4. The number of halogens is 4. The molecule has 2 rings (SSSR count). The topological polar surface area (TPSA) is 29.1 Å². The van der Waals surface area contributed by atoms with Crippen LogP contribution in [0.4, 0.5) is 23.2 Å². The van der Waals surface area contributed by atoms with Crippen LogP contribution in [0, 0.1) is 0 Å². The highest BCUT2D eigenvalue weighted by molar-refractivity contribution is 6.05. The number of anilines is 1. The maximum atomic E-state index is 14.2. The highest BCUT2D eigenvalue weighted by Gasteiger charge is 2.46. The minimum Gasteiger partial charge on any atom is -0.323 e. The van der Waals surface area contributed by atoms with Crippen molar-refractivity contribution in [3.63, 3.8) is 0 Å². The molecule has 0 fully saturated rings. The van der Waals surface area contributed by atoms with Crippen molar-refractivity contribution >= 4 is 11.6 Å². The number of rotatable bonds is 1. The fourth-order valence-electron chi connectivity index (χ4n) is 1.86. The van der Waals surface area contributed by atoms with Gasteiger partial charge in [0.05, 0.1) is 5.56 Å². The molecular formula is C11H9F4NO. The SMILES string of the molecule is CCC1(F)C(=O)Nc2cc(C(F)(F)F)ccc21. The molecule has 0 aliphatic carbocycles. The quantitative estimate of drug-likeness (QED) is 0.758. The van der Waals surface area contributed by atoms with Crippen LogP contribution < -0.4 is 5.32 Å². The molecule has 17 heavy (non-hydrogen) atoms. The van der Waals surface area contributed by atoms with Crippen molar-refractivity contribution in [1.29, 1.82) is 0 Å². The van der Waals surface area contributed by atoms with Gasteiger partial charge in [-0.15, -0.1) is 0 Å². The predicted molar refractivity (Wildman–Crippen MR) is 53.2 cm³/mol. The van der Waals surface area contributed by atoms with Crippen LogP contribution in [0.5, 0.6) is 0 Å². The first-order valence-electron chi connectivity index (χ1n) is 5.01. The lowest BCUT2D eigenvalue weighted by molar-refractivity contribution is -0.137. The summed E-state index contributed by atoms with van der Waals surface area (Å²) in [7, 11) is 0. The normalized spacial score (nSPS) is 23.5. The van der Waals surface area contributed by atoms with Gasteiger partial charge in [-0.3, -0.25) is 4.79 Å². The van der Waals surface area contributed by atoms with Gasteiger partial charge in [-0.25, -0.2) is 4.39 Å².